The maximum atomic E-state index is 12.0. The van der Waals surface area contributed by atoms with Crippen LogP contribution in [-0.4, -0.2) is 9.81 Å². The summed E-state index contributed by atoms with van der Waals surface area (Å²) in [5, 5.41) is -0.497. The topological polar surface area (TPSA) is 39.1 Å². The van der Waals surface area contributed by atoms with Gasteiger partial charge in [-0.25, -0.2) is 0 Å². The summed E-state index contributed by atoms with van der Waals surface area (Å²) < 4.78 is 1.71. The fourth-order valence-corrected chi connectivity index (χ4v) is 1.74. The molecule has 0 N–H and O–H groups in total. The number of hydrogen-bond acceptors (Lipinski definition) is 2. The number of unbranched alkanes of at least 4 members (excludes halogenated alkanes) is 1. The Bertz CT molecular complexity index is 437. The molecule has 0 bridgehead atoms. The second kappa shape index (κ2) is 5.85. The Hall–Kier alpha value is -1.09. The Balaban J connectivity index is 3.06. The summed E-state index contributed by atoms with van der Waals surface area (Å²) in [6.07, 6.45) is 2.00. The van der Waals surface area contributed by atoms with Crippen LogP contribution in [0, 0.1) is 6.92 Å². The maximum absolute atomic E-state index is 12.0. The van der Waals surface area contributed by atoms with E-state index in [4.69, 9.17) is 11.6 Å². The van der Waals surface area contributed by atoms with Crippen LogP contribution in [0.15, 0.2) is 16.9 Å². The van der Waals surface area contributed by atoms with E-state index in [0.29, 0.717) is 12.1 Å². The summed E-state index contributed by atoms with van der Waals surface area (Å²) >= 11 is 5.29. The van der Waals surface area contributed by atoms with Gasteiger partial charge in [-0.05, 0) is 31.0 Å². The molecule has 0 saturated heterocycles. The summed E-state index contributed by atoms with van der Waals surface area (Å²) in [6, 6.07) is 3.53. The Morgan fingerprint density at radius 2 is 2.12 bits per heavy atom. The summed E-state index contributed by atoms with van der Waals surface area (Å²) in [5.74, 6) is 0. The monoisotopic (exact) mass is 241 g/mol. The van der Waals surface area contributed by atoms with E-state index >= 15 is 0 Å². The van der Waals surface area contributed by atoms with Gasteiger partial charge < -0.3 is 4.57 Å². The fraction of sp³-hybridized carbons (Fsp3) is 0.500. The standard InChI is InChI=1S/C12H16ClNO2/c1-3-4-7-14-9(2)5-6-10(12(14)16)8-11(13)15/h5-6H,3-4,7-8H2,1-2H3. The molecule has 0 aromatic carbocycles. The van der Waals surface area contributed by atoms with Crippen molar-refractivity contribution >= 4 is 16.8 Å². The molecule has 16 heavy (non-hydrogen) atoms. The van der Waals surface area contributed by atoms with E-state index in [2.05, 4.69) is 6.92 Å². The number of nitrogens with zero attached hydrogens (tertiary/aromatic N) is 1. The molecule has 1 aromatic heterocycles. The van der Waals surface area contributed by atoms with Crippen LogP contribution in [-0.2, 0) is 17.8 Å². The minimum absolute atomic E-state index is 0.00674. The number of halogens is 1. The highest BCUT2D eigenvalue weighted by atomic mass is 35.5. The van der Waals surface area contributed by atoms with Crippen LogP contribution in [0.25, 0.3) is 0 Å². The predicted octanol–water partition coefficient (Wildman–Crippen LogP) is 2.26. The van der Waals surface area contributed by atoms with E-state index in [9.17, 15) is 9.59 Å². The van der Waals surface area contributed by atoms with Crippen molar-refractivity contribution in [1.82, 2.24) is 4.57 Å². The number of rotatable bonds is 5. The normalized spacial score (nSPS) is 10.4. The van der Waals surface area contributed by atoms with Crippen molar-refractivity contribution in [3.8, 4) is 0 Å². The van der Waals surface area contributed by atoms with Gasteiger partial charge in [-0.3, -0.25) is 9.59 Å². The third kappa shape index (κ3) is 3.20. The third-order valence-corrected chi connectivity index (χ3v) is 2.67. The molecular weight excluding hydrogens is 226 g/mol. The predicted molar refractivity (Wildman–Crippen MR) is 64.9 cm³/mol. The van der Waals surface area contributed by atoms with Crippen LogP contribution in [0.3, 0.4) is 0 Å². The first-order valence-electron chi connectivity index (χ1n) is 5.44. The van der Waals surface area contributed by atoms with Crippen molar-refractivity contribution in [2.75, 3.05) is 0 Å². The highest BCUT2D eigenvalue weighted by Crippen LogP contribution is 2.03. The zero-order valence-corrected chi connectivity index (χ0v) is 10.4. The van der Waals surface area contributed by atoms with Crippen LogP contribution in [0.1, 0.15) is 31.0 Å². The molecule has 0 radical (unpaired) electrons. The van der Waals surface area contributed by atoms with E-state index in [0.717, 1.165) is 18.5 Å². The van der Waals surface area contributed by atoms with E-state index in [1.165, 1.54) is 0 Å². The number of carbonyl (C=O) groups excluding carboxylic acids is 1. The van der Waals surface area contributed by atoms with Gasteiger partial charge in [-0.2, -0.15) is 0 Å². The first-order chi connectivity index (χ1) is 7.56. The van der Waals surface area contributed by atoms with Crippen LogP contribution in [0.4, 0.5) is 0 Å². The molecule has 0 fully saturated rings. The van der Waals surface area contributed by atoms with E-state index in [1.54, 1.807) is 10.6 Å². The summed E-state index contributed by atoms with van der Waals surface area (Å²) in [6.45, 7) is 4.67. The Morgan fingerprint density at radius 3 is 2.69 bits per heavy atom. The molecule has 1 heterocycles. The molecule has 1 rings (SSSR count). The number of aryl methyl sites for hydroxylation is 1. The van der Waals surface area contributed by atoms with Crippen molar-refractivity contribution in [2.24, 2.45) is 0 Å². The van der Waals surface area contributed by atoms with Crippen molar-refractivity contribution in [3.05, 3.63) is 33.7 Å². The lowest BCUT2D eigenvalue weighted by atomic mass is 10.2. The van der Waals surface area contributed by atoms with E-state index in [-0.39, 0.29) is 12.0 Å². The average molecular weight is 242 g/mol. The minimum atomic E-state index is -0.497. The molecule has 1 aromatic rings. The van der Waals surface area contributed by atoms with Gasteiger partial charge in [0.2, 0.25) is 5.24 Å². The van der Waals surface area contributed by atoms with Gasteiger partial charge in [-0.1, -0.05) is 19.4 Å². The highest BCUT2D eigenvalue weighted by molar-refractivity contribution is 6.63. The number of pyridine rings is 1. The lowest BCUT2D eigenvalue weighted by molar-refractivity contribution is -0.111. The molecule has 4 heteroatoms. The Labute approximate surface area is 100 Å². The Kier molecular flexibility index (Phi) is 4.74. The zero-order chi connectivity index (χ0) is 12.1. The molecule has 0 saturated carbocycles. The van der Waals surface area contributed by atoms with Gasteiger partial charge in [0, 0.05) is 17.8 Å². The molecule has 0 spiro atoms. The first-order valence-corrected chi connectivity index (χ1v) is 5.81. The molecule has 0 amide bonds. The third-order valence-electron chi connectivity index (χ3n) is 2.54. The lowest BCUT2D eigenvalue weighted by Gasteiger charge is -2.10. The van der Waals surface area contributed by atoms with Crippen LogP contribution in [0.5, 0.6) is 0 Å². The van der Waals surface area contributed by atoms with Gasteiger partial charge in [0.05, 0.1) is 6.42 Å². The molecule has 88 valence electrons. The highest BCUT2D eigenvalue weighted by Gasteiger charge is 2.08. The number of hydrogen-bond donors (Lipinski definition) is 0. The van der Waals surface area contributed by atoms with Crippen molar-refractivity contribution < 1.29 is 4.79 Å². The summed E-state index contributed by atoms with van der Waals surface area (Å²) in [5.41, 5.74) is 1.30. The molecule has 0 atom stereocenters. The molecular formula is C12H16ClNO2. The fourth-order valence-electron chi connectivity index (χ4n) is 1.59. The van der Waals surface area contributed by atoms with Crippen molar-refractivity contribution in [3.63, 3.8) is 0 Å². The minimum Gasteiger partial charge on any atom is -0.313 e. The average Bonchev–Trinajstić information content (AvgIpc) is 2.22. The SMILES string of the molecule is CCCCn1c(C)ccc(CC(=O)Cl)c1=O. The lowest BCUT2D eigenvalue weighted by Crippen LogP contribution is -2.26. The van der Waals surface area contributed by atoms with Crippen LogP contribution >= 0.6 is 11.6 Å². The van der Waals surface area contributed by atoms with Gasteiger partial charge in [0.15, 0.2) is 0 Å². The zero-order valence-electron chi connectivity index (χ0n) is 9.62. The first kappa shape index (κ1) is 13.0. The largest absolute Gasteiger partial charge is 0.313 e. The smallest absolute Gasteiger partial charge is 0.254 e. The van der Waals surface area contributed by atoms with Gasteiger partial charge >= 0.3 is 0 Å². The molecule has 0 aliphatic rings. The summed E-state index contributed by atoms with van der Waals surface area (Å²) in [7, 11) is 0. The molecule has 0 aliphatic heterocycles. The number of carbonyl (C=O) groups is 1. The van der Waals surface area contributed by atoms with E-state index < -0.39 is 5.24 Å². The van der Waals surface area contributed by atoms with Crippen molar-refractivity contribution in [2.45, 2.75) is 39.7 Å². The second-order valence-corrected chi connectivity index (χ2v) is 4.26. The molecule has 3 nitrogen and oxygen atoms in total. The van der Waals surface area contributed by atoms with Crippen LogP contribution < -0.4 is 5.56 Å². The second-order valence-electron chi connectivity index (χ2n) is 3.84. The Morgan fingerprint density at radius 1 is 1.44 bits per heavy atom. The quantitative estimate of drug-likeness (QED) is 0.742. The van der Waals surface area contributed by atoms with Crippen LogP contribution in [0.2, 0.25) is 0 Å². The molecule has 0 unspecified atom stereocenters. The van der Waals surface area contributed by atoms with Gasteiger partial charge in [-0.15, -0.1) is 0 Å². The van der Waals surface area contributed by atoms with Gasteiger partial charge in [0.1, 0.15) is 0 Å². The van der Waals surface area contributed by atoms with E-state index in [1.807, 2.05) is 13.0 Å². The van der Waals surface area contributed by atoms with Crippen molar-refractivity contribution in [1.29, 1.82) is 0 Å². The molecule has 0 aliphatic carbocycles. The summed E-state index contributed by atoms with van der Waals surface area (Å²) in [4.78, 5) is 22.8. The van der Waals surface area contributed by atoms with Gasteiger partial charge in [0.25, 0.3) is 5.56 Å². The maximum Gasteiger partial charge on any atom is 0.254 e. The number of aromatic nitrogens is 1.